The van der Waals surface area contributed by atoms with Crippen LogP contribution in [-0.4, -0.2) is 13.7 Å². The normalized spacial score (nSPS) is 14.2. The molecule has 0 aliphatic carbocycles. The van der Waals surface area contributed by atoms with Gasteiger partial charge in [0.1, 0.15) is 0 Å². The molecule has 0 aromatic rings. The van der Waals surface area contributed by atoms with Gasteiger partial charge in [-0.1, -0.05) is 41.5 Å². The third-order valence-corrected chi connectivity index (χ3v) is 7.71. The molecule has 0 heterocycles. The van der Waals surface area contributed by atoms with Crippen LogP contribution < -0.4 is 0 Å². The summed E-state index contributed by atoms with van der Waals surface area (Å²) in [5.41, 5.74) is -0.508. The summed E-state index contributed by atoms with van der Waals surface area (Å²) in [5, 5.41) is -0.472. The molecule has 0 aromatic heterocycles. The summed E-state index contributed by atoms with van der Waals surface area (Å²) in [6, 6.07) is 0. The average molecular weight is 296 g/mol. The first-order valence-corrected chi connectivity index (χ1v) is 8.73. The lowest BCUT2D eigenvalue weighted by Crippen LogP contribution is -2.49. The summed E-state index contributed by atoms with van der Waals surface area (Å²) in [4.78, 5) is 0. The first kappa shape index (κ1) is 18.3. The van der Waals surface area contributed by atoms with Crippen LogP contribution in [0.2, 0.25) is 0 Å². The Morgan fingerprint density at radius 1 is 0.944 bits per heavy atom. The summed E-state index contributed by atoms with van der Waals surface area (Å²) < 4.78 is 29.6. The van der Waals surface area contributed by atoms with Crippen LogP contribution in [0.3, 0.4) is 0 Å². The van der Waals surface area contributed by atoms with E-state index in [1.165, 1.54) is 0 Å². The quantitative estimate of drug-likeness (QED) is 0.632. The minimum atomic E-state index is -3.56. The molecule has 5 heteroatoms. The summed E-state index contributed by atoms with van der Waals surface area (Å²) in [6.45, 7) is 12.3. The molecule has 1 atom stereocenters. The maximum atomic E-state index is 12.4. The largest absolute Gasteiger partial charge is 0.273 e. The summed E-state index contributed by atoms with van der Waals surface area (Å²) in [6.07, 6.45) is 3.32. The summed E-state index contributed by atoms with van der Waals surface area (Å²) >= 11 is 0. The molecule has 0 aromatic carbocycles. The van der Waals surface area contributed by atoms with E-state index in [-0.39, 0.29) is 10.8 Å². The monoisotopic (exact) mass is 296 g/mol. The fourth-order valence-electron chi connectivity index (χ4n) is 2.84. The van der Waals surface area contributed by atoms with Gasteiger partial charge in [-0.05, 0) is 36.5 Å². The van der Waals surface area contributed by atoms with Crippen LogP contribution in [0, 0.1) is 10.8 Å². The van der Waals surface area contributed by atoms with Crippen LogP contribution in [-0.2, 0) is 14.1 Å². The standard InChI is InChI=1S/C13H29O3PS/c1-7-12(5,8-2)11(18(14,15)16-17)13(6,9-3)10-4/h11H,7-10,17H2,1-6H3. The van der Waals surface area contributed by atoms with Gasteiger partial charge in [0.25, 0.3) is 10.1 Å². The topological polar surface area (TPSA) is 43.4 Å². The van der Waals surface area contributed by atoms with Gasteiger partial charge in [-0.2, -0.15) is 8.42 Å². The van der Waals surface area contributed by atoms with Gasteiger partial charge in [-0.15, -0.1) is 0 Å². The zero-order valence-corrected chi connectivity index (χ0v) is 14.6. The van der Waals surface area contributed by atoms with Crippen molar-refractivity contribution in [1.29, 1.82) is 0 Å². The third kappa shape index (κ3) is 3.46. The molecule has 0 radical (unpaired) electrons. The minimum absolute atomic E-state index is 0.254. The Kier molecular flexibility index (Phi) is 6.80. The van der Waals surface area contributed by atoms with Crippen molar-refractivity contribution in [3.63, 3.8) is 0 Å². The van der Waals surface area contributed by atoms with Crippen LogP contribution in [0.5, 0.6) is 0 Å². The molecule has 0 bridgehead atoms. The second kappa shape index (κ2) is 6.67. The number of rotatable bonds is 8. The van der Waals surface area contributed by atoms with Crippen LogP contribution >= 0.6 is 9.47 Å². The Morgan fingerprint density at radius 3 is 1.39 bits per heavy atom. The Bertz CT molecular complexity index is 325. The first-order valence-electron chi connectivity index (χ1n) is 6.79. The molecule has 0 aliphatic heterocycles. The molecule has 0 rings (SSSR count). The van der Waals surface area contributed by atoms with E-state index in [2.05, 4.69) is 41.5 Å². The molecular formula is C13H29O3PS. The van der Waals surface area contributed by atoms with E-state index >= 15 is 0 Å². The predicted molar refractivity (Wildman–Crippen MR) is 80.9 cm³/mol. The van der Waals surface area contributed by atoms with Crippen molar-refractivity contribution in [2.24, 2.45) is 10.8 Å². The zero-order valence-electron chi connectivity index (χ0n) is 12.6. The molecule has 18 heavy (non-hydrogen) atoms. The van der Waals surface area contributed by atoms with Gasteiger partial charge in [0.15, 0.2) is 0 Å². The van der Waals surface area contributed by atoms with Crippen molar-refractivity contribution < 1.29 is 12.4 Å². The van der Waals surface area contributed by atoms with Gasteiger partial charge in [0.05, 0.1) is 5.25 Å². The van der Waals surface area contributed by atoms with Gasteiger partial charge in [0.2, 0.25) is 0 Å². The molecule has 0 saturated carbocycles. The lowest BCUT2D eigenvalue weighted by atomic mass is 9.67. The van der Waals surface area contributed by atoms with Crippen LogP contribution in [0.1, 0.15) is 67.2 Å². The van der Waals surface area contributed by atoms with Crippen molar-refractivity contribution in [1.82, 2.24) is 0 Å². The number of hydrogen-bond donors (Lipinski definition) is 0. The predicted octanol–water partition coefficient (Wildman–Crippen LogP) is 4.14. The van der Waals surface area contributed by atoms with E-state index in [0.29, 0.717) is 0 Å². The van der Waals surface area contributed by atoms with Crippen LogP contribution in [0.15, 0.2) is 0 Å². The van der Waals surface area contributed by atoms with Crippen molar-refractivity contribution in [2.75, 3.05) is 0 Å². The van der Waals surface area contributed by atoms with Gasteiger partial charge in [0, 0.05) is 9.47 Å². The van der Waals surface area contributed by atoms with Gasteiger partial charge in [-0.25, -0.2) is 0 Å². The molecule has 0 spiro atoms. The fourth-order valence-corrected chi connectivity index (χ4v) is 5.34. The van der Waals surface area contributed by atoms with E-state index in [4.69, 9.17) is 3.97 Å². The molecule has 3 nitrogen and oxygen atoms in total. The van der Waals surface area contributed by atoms with Crippen LogP contribution in [0.4, 0.5) is 0 Å². The van der Waals surface area contributed by atoms with Crippen molar-refractivity contribution in [3.05, 3.63) is 0 Å². The Morgan fingerprint density at radius 2 is 1.22 bits per heavy atom. The smallest absolute Gasteiger partial charge is 0.254 e. The highest BCUT2D eigenvalue weighted by molar-refractivity contribution is 7.89. The van der Waals surface area contributed by atoms with E-state index in [0.717, 1.165) is 25.7 Å². The lowest BCUT2D eigenvalue weighted by molar-refractivity contribution is 0.139. The van der Waals surface area contributed by atoms with Gasteiger partial charge >= 0.3 is 0 Å². The minimum Gasteiger partial charge on any atom is -0.254 e. The highest BCUT2D eigenvalue weighted by atomic mass is 32.2. The fraction of sp³-hybridized carbons (Fsp3) is 1.00. The molecule has 0 fully saturated rings. The van der Waals surface area contributed by atoms with Crippen LogP contribution in [0.25, 0.3) is 0 Å². The second-order valence-electron chi connectivity index (χ2n) is 5.69. The second-order valence-corrected chi connectivity index (χ2v) is 7.92. The van der Waals surface area contributed by atoms with E-state index in [1.807, 2.05) is 9.47 Å². The van der Waals surface area contributed by atoms with Crippen molar-refractivity contribution >= 4 is 19.6 Å². The molecule has 1 unspecified atom stereocenters. The highest BCUT2D eigenvalue weighted by Gasteiger charge is 2.50. The molecule has 110 valence electrons. The van der Waals surface area contributed by atoms with E-state index < -0.39 is 15.4 Å². The Labute approximate surface area is 115 Å². The lowest BCUT2D eigenvalue weighted by Gasteiger charge is -2.45. The molecule has 0 N–H and O–H groups in total. The van der Waals surface area contributed by atoms with Gasteiger partial charge in [-0.3, -0.25) is 3.97 Å². The Hall–Kier alpha value is 0.340. The molecule has 0 saturated heterocycles. The SMILES string of the molecule is CCC(C)(CC)C(C(C)(CC)CC)S(=O)(=O)OP. The van der Waals surface area contributed by atoms with Gasteiger partial charge < -0.3 is 0 Å². The highest BCUT2D eigenvalue weighted by Crippen LogP contribution is 2.48. The first-order chi connectivity index (χ1) is 8.17. The Balaban J connectivity index is 5.89. The maximum absolute atomic E-state index is 12.4. The van der Waals surface area contributed by atoms with Crippen molar-refractivity contribution in [3.8, 4) is 0 Å². The molecular weight excluding hydrogens is 267 g/mol. The summed E-state index contributed by atoms with van der Waals surface area (Å²) in [5.74, 6) is 0. The van der Waals surface area contributed by atoms with Crippen molar-refractivity contribution in [2.45, 2.75) is 72.5 Å². The summed E-state index contributed by atoms with van der Waals surface area (Å²) in [7, 11) is -1.66. The third-order valence-electron chi connectivity index (χ3n) is 4.92. The maximum Gasteiger partial charge on any atom is 0.273 e. The zero-order chi connectivity index (χ0) is 14.6. The van der Waals surface area contributed by atoms with E-state index in [9.17, 15) is 8.42 Å². The van der Waals surface area contributed by atoms with E-state index in [1.54, 1.807) is 0 Å². The average Bonchev–Trinajstić information content (AvgIpc) is 2.37. The molecule has 0 amide bonds. The molecule has 0 aliphatic rings. The number of hydrogen-bond acceptors (Lipinski definition) is 3.